The van der Waals surface area contributed by atoms with Gasteiger partial charge in [0.15, 0.2) is 0 Å². The van der Waals surface area contributed by atoms with Gasteiger partial charge in [-0.1, -0.05) is 48.5 Å². The van der Waals surface area contributed by atoms with E-state index in [9.17, 15) is 4.79 Å². The number of rotatable bonds is 5. The second-order valence-electron chi connectivity index (χ2n) is 7.11. The lowest BCUT2D eigenvalue weighted by Crippen LogP contribution is -2.11. The fourth-order valence-corrected chi connectivity index (χ4v) is 5.96. The molecule has 0 bridgehead atoms. The van der Waals surface area contributed by atoms with Crippen LogP contribution in [0.15, 0.2) is 84.2 Å². The molecule has 0 radical (unpaired) electrons. The number of carbonyl (C=O) groups excluding carboxylic acids is 1. The van der Waals surface area contributed by atoms with Gasteiger partial charge in [0.05, 0.1) is 17.6 Å². The highest BCUT2D eigenvalue weighted by atomic mass is 32.1. The summed E-state index contributed by atoms with van der Waals surface area (Å²) in [4.78, 5) is 14.7. The Bertz CT molecular complexity index is 1390. The molecular weight excluding hydrogens is 422 g/mol. The molecule has 31 heavy (non-hydrogen) atoms. The predicted molar refractivity (Wildman–Crippen MR) is 131 cm³/mol. The van der Waals surface area contributed by atoms with Gasteiger partial charge in [-0.15, -0.1) is 22.7 Å². The lowest BCUT2D eigenvalue weighted by molar-refractivity contribution is 0.100. The van der Waals surface area contributed by atoms with Gasteiger partial charge in [0.2, 0.25) is 0 Å². The van der Waals surface area contributed by atoms with E-state index in [0.717, 1.165) is 47.8 Å². The monoisotopic (exact) mass is 441 g/mol. The zero-order valence-electron chi connectivity index (χ0n) is 16.8. The largest absolute Gasteiger partial charge is 0.496 e. The molecule has 2 heterocycles. The van der Waals surface area contributed by atoms with Crippen LogP contribution in [0.4, 0.5) is 0 Å². The Hall–Kier alpha value is -3.41. The molecule has 0 fully saturated rings. The van der Waals surface area contributed by atoms with Crippen LogP contribution < -0.4 is 10.5 Å². The van der Waals surface area contributed by atoms with Gasteiger partial charge in [0.25, 0.3) is 5.91 Å². The second kappa shape index (κ2) is 8.02. The van der Waals surface area contributed by atoms with E-state index >= 15 is 0 Å². The predicted octanol–water partition coefficient (Wildman–Crippen LogP) is 7.07. The minimum atomic E-state index is -0.433. The molecule has 2 N–H and O–H groups in total. The Morgan fingerprint density at radius 1 is 0.871 bits per heavy atom. The molecule has 0 aliphatic rings. The molecule has 5 rings (SSSR count). The number of amides is 1. The van der Waals surface area contributed by atoms with Gasteiger partial charge in [-0.05, 0) is 46.8 Å². The van der Waals surface area contributed by atoms with Crippen molar-refractivity contribution in [3.05, 3.63) is 89.8 Å². The molecule has 0 spiro atoms. The Morgan fingerprint density at radius 2 is 1.65 bits per heavy atom. The van der Waals surface area contributed by atoms with E-state index in [1.807, 2.05) is 53.9 Å². The molecule has 0 saturated heterocycles. The molecule has 3 nitrogen and oxygen atoms in total. The molecule has 3 aromatic carbocycles. The van der Waals surface area contributed by atoms with E-state index in [0.29, 0.717) is 5.56 Å². The van der Waals surface area contributed by atoms with E-state index < -0.39 is 5.91 Å². The number of methoxy groups -OCH3 is 1. The minimum absolute atomic E-state index is 0.433. The molecule has 0 unspecified atom stereocenters. The smallest absolute Gasteiger partial charge is 0.250 e. The number of ether oxygens (including phenoxy) is 1. The number of thiophene rings is 2. The lowest BCUT2D eigenvalue weighted by atomic mass is 9.96. The normalized spacial score (nSPS) is 11.0. The summed E-state index contributed by atoms with van der Waals surface area (Å²) in [5, 5.41) is 2.95. The SMILES string of the molecule is COc1ccccc1-c1sc2cc(-c3ccccc3)cc(-c3cccs3)c2c1C(N)=O. The van der Waals surface area contributed by atoms with Crippen molar-refractivity contribution in [1.29, 1.82) is 0 Å². The maximum absolute atomic E-state index is 12.7. The van der Waals surface area contributed by atoms with Crippen LogP contribution >= 0.6 is 22.7 Å². The van der Waals surface area contributed by atoms with Crippen molar-refractivity contribution in [2.75, 3.05) is 7.11 Å². The van der Waals surface area contributed by atoms with E-state index in [2.05, 4.69) is 30.3 Å². The summed E-state index contributed by atoms with van der Waals surface area (Å²) in [6, 6.07) is 26.4. The average molecular weight is 442 g/mol. The molecule has 0 aliphatic carbocycles. The Labute approximate surface area is 188 Å². The first kappa shape index (κ1) is 19.5. The Morgan fingerprint density at radius 3 is 2.35 bits per heavy atom. The Kier molecular flexibility index (Phi) is 5.06. The summed E-state index contributed by atoms with van der Waals surface area (Å²) in [6.07, 6.45) is 0. The first-order valence-corrected chi connectivity index (χ1v) is 11.5. The maximum Gasteiger partial charge on any atom is 0.250 e. The third-order valence-electron chi connectivity index (χ3n) is 5.28. The summed E-state index contributed by atoms with van der Waals surface area (Å²) in [6.45, 7) is 0. The summed E-state index contributed by atoms with van der Waals surface area (Å²) < 4.78 is 6.61. The standard InChI is InChI=1S/C26H19NO2S2/c1-29-20-11-6-5-10-18(20)25-24(26(27)28)23-19(21-12-7-13-30-21)14-17(15-22(23)31-25)16-8-3-2-4-9-16/h2-15H,1H3,(H2,27,28). The number of carbonyl (C=O) groups is 1. The topological polar surface area (TPSA) is 52.3 Å². The molecule has 2 aromatic heterocycles. The first-order valence-electron chi connectivity index (χ1n) is 9.80. The summed E-state index contributed by atoms with van der Waals surface area (Å²) in [5.41, 5.74) is 10.6. The van der Waals surface area contributed by atoms with E-state index in [1.54, 1.807) is 29.8 Å². The van der Waals surface area contributed by atoms with Crippen LogP contribution in [0.3, 0.4) is 0 Å². The zero-order valence-corrected chi connectivity index (χ0v) is 18.4. The molecule has 152 valence electrons. The molecule has 5 heteroatoms. The third-order valence-corrected chi connectivity index (χ3v) is 7.36. The quantitative estimate of drug-likeness (QED) is 0.317. The molecule has 0 aliphatic heterocycles. The van der Waals surface area contributed by atoms with Crippen LogP contribution in [0.1, 0.15) is 10.4 Å². The van der Waals surface area contributed by atoms with Gasteiger partial charge in [0, 0.05) is 26.1 Å². The van der Waals surface area contributed by atoms with Gasteiger partial charge in [-0.3, -0.25) is 4.79 Å². The minimum Gasteiger partial charge on any atom is -0.496 e. The molecular formula is C26H19NO2S2. The lowest BCUT2D eigenvalue weighted by Gasteiger charge is -2.10. The van der Waals surface area contributed by atoms with Gasteiger partial charge in [-0.2, -0.15) is 0 Å². The molecule has 5 aromatic rings. The molecule has 0 saturated carbocycles. The number of fused-ring (bicyclic) bond motifs is 1. The van der Waals surface area contributed by atoms with Crippen molar-refractivity contribution in [2.45, 2.75) is 0 Å². The van der Waals surface area contributed by atoms with E-state index in [4.69, 9.17) is 10.5 Å². The number of hydrogen-bond acceptors (Lipinski definition) is 4. The number of hydrogen-bond donors (Lipinski definition) is 1. The highest BCUT2D eigenvalue weighted by Crippen LogP contribution is 2.47. The number of nitrogens with two attached hydrogens (primary N) is 1. The molecule has 1 amide bonds. The van der Waals surface area contributed by atoms with E-state index in [-0.39, 0.29) is 0 Å². The van der Waals surface area contributed by atoms with Crippen molar-refractivity contribution in [1.82, 2.24) is 0 Å². The van der Waals surface area contributed by atoms with Gasteiger partial charge < -0.3 is 10.5 Å². The Balaban J connectivity index is 1.88. The van der Waals surface area contributed by atoms with Crippen molar-refractivity contribution in [2.24, 2.45) is 5.73 Å². The summed E-state index contributed by atoms with van der Waals surface area (Å²) in [7, 11) is 1.64. The second-order valence-corrected chi connectivity index (χ2v) is 9.11. The average Bonchev–Trinajstić information content (AvgIpc) is 3.47. The fraction of sp³-hybridized carbons (Fsp3) is 0.0385. The summed E-state index contributed by atoms with van der Waals surface area (Å²) in [5.74, 6) is 0.287. The third kappa shape index (κ3) is 3.42. The van der Waals surface area contributed by atoms with Gasteiger partial charge >= 0.3 is 0 Å². The summed E-state index contributed by atoms with van der Waals surface area (Å²) >= 11 is 3.23. The van der Waals surface area contributed by atoms with Crippen molar-refractivity contribution in [3.8, 4) is 37.8 Å². The van der Waals surface area contributed by atoms with Crippen molar-refractivity contribution in [3.63, 3.8) is 0 Å². The number of para-hydroxylation sites is 1. The highest BCUT2D eigenvalue weighted by Gasteiger charge is 2.24. The van der Waals surface area contributed by atoms with Crippen molar-refractivity contribution < 1.29 is 9.53 Å². The number of primary amides is 1. The number of benzene rings is 3. The van der Waals surface area contributed by atoms with Crippen molar-refractivity contribution >= 4 is 38.7 Å². The van der Waals surface area contributed by atoms with E-state index in [1.165, 1.54) is 0 Å². The van der Waals surface area contributed by atoms with Gasteiger partial charge in [-0.25, -0.2) is 0 Å². The maximum atomic E-state index is 12.7. The molecule has 0 atom stereocenters. The van der Waals surface area contributed by atoms with Crippen LogP contribution in [0, 0.1) is 0 Å². The first-order chi connectivity index (χ1) is 15.2. The van der Waals surface area contributed by atoms with Crippen LogP contribution in [0.5, 0.6) is 5.75 Å². The van der Waals surface area contributed by atoms with Crippen LogP contribution in [-0.4, -0.2) is 13.0 Å². The zero-order chi connectivity index (χ0) is 21.4. The van der Waals surface area contributed by atoms with Crippen LogP contribution in [0.2, 0.25) is 0 Å². The highest BCUT2D eigenvalue weighted by molar-refractivity contribution is 7.23. The van der Waals surface area contributed by atoms with Crippen LogP contribution in [0.25, 0.3) is 42.1 Å². The van der Waals surface area contributed by atoms with Gasteiger partial charge in [0.1, 0.15) is 5.75 Å². The fourth-order valence-electron chi connectivity index (χ4n) is 3.91. The van der Waals surface area contributed by atoms with Crippen LogP contribution in [-0.2, 0) is 0 Å².